The molecule has 4 rings (SSSR count). The second-order valence-electron chi connectivity index (χ2n) is 5.65. The lowest BCUT2D eigenvalue weighted by atomic mass is 10.1. The molecule has 0 spiro atoms. The van der Waals surface area contributed by atoms with Crippen molar-refractivity contribution in [3.8, 4) is 6.07 Å². The molecule has 102 valence electrons. The van der Waals surface area contributed by atoms with E-state index in [1.165, 1.54) is 12.8 Å². The summed E-state index contributed by atoms with van der Waals surface area (Å²) in [6, 6.07) is 8.09. The van der Waals surface area contributed by atoms with Crippen molar-refractivity contribution < 1.29 is 4.74 Å². The van der Waals surface area contributed by atoms with E-state index >= 15 is 0 Å². The Balaban J connectivity index is 1.87. The molecule has 1 aliphatic heterocycles. The molecule has 2 aliphatic rings. The quantitative estimate of drug-likeness (QED) is 0.906. The molecule has 2 fully saturated rings. The Morgan fingerprint density at radius 3 is 2.95 bits per heavy atom. The minimum absolute atomic E-state index is 0.250. The zero-order valence-corrected chi connectivity index (χ0v) is 11.1. The monoisotopic (exact) mass is 268 g/mol. The van der Waals surface area contributed by atoms with Gasteiger partial charge >= 0.3 is 0 Å². The third-order valence-corrected chi connectivity index (χ3v) is 4.39. The smallest absolute Gasteiger partial charge is 0.201 e. The number of nitrogen functional groups attached to an aromatic ring is 1. The molecule has 1 aliphatic carbocycles. The van der Waals surface area contributed by atoms with Gasteiger partial charge in [-0.3, -0.25) is 0 Å². The fourth-order valence-corrected chi connectivity index (χ4v) is 3.33. The van der Waals surface area contributed by atoms with E-state index < -0.39 is 0 Å². The van der Waals surface area contributed by atoms with Gasteiger partial charge in [0.2, 0.25) is 5.95 Å². The van der Waals surface area contributed by atoms with E-state index in [0.717, 1.165) is 18.5 Å². The van der Waals surface area contributed by atoms with Gasteiger partial charge in [-0.05, 0) is 37.3 Å². The number of anilines is 1. The SMILES string of the molecule is N#Cc1cccc2c1nc(N)n2C1CCOC1C1CC1. The predicted octanol–water partition coefficient (Wildman–Crippen LogP) is 2.23. The summed E-state index contributed by atoms with van der Waals surface area (Å²) in [5.74, 6) is 1.15. The summed E-state index contributed by atoms with van der Waals surface area (Å²) in [4.78, 5) is 4.41. The van der Waals surface area contributed by atoms with Crippen LogP contribution in [0.3, 0.4) is 0 Å². The topological polar surface area (TPSA) is 76.9 Å². The van der Waals surface area contributed by atoms with Crippen LogP contribution in [0.5, 0.6) is 0 Å². The number of nitriles is 1. The molecule has 2 unspecified atom stereocenters. The number of nitrogens with zero attached hydrogens (tertiary/aromatic N) is 3. The van der Waals surface area contributed by atoms with Gasteiger partial charge in [-0.2, -0.15) is 5.26 Å². The average Bonchev–Trinajstić information content (AvgIpc) is 3.09. The van der Waals surface area contributed by atoms with Crippen LogP contribution in [0.15, 0.2) is 18.2 Å². The van der Waals surface area contributed by atoms with Crippen molar-refractivity contribution in [1.82, 2.24) is 9.55 Å². The molecular formula is C15H16N4O. The Morgan fingerprint density at radius 2 is 2.20 bits per heavy atom. The number of nitrogens with two attached hydrogens (primary N) is 1. The lowest BCUT2D eigenvalue weighted by Crippen LogP contribution is -2.23. The molecule has 2 heterocycles. The predicted molar refractivity (Wildman–Crippen MR) is 75.0 cm³/mol. The Labute approximate surface area is 117 Å². The molecule has 5 nitrogen and oxygen atoms in total. The fourth-order valence-electron chi connectivity index (χ4n) is 3.33. The third kappa shape index (κ3) is 1.61. The summed E-state index contributed by atoms with van der Waals surface area (Å²) in [7, 11) is 0. The summed E-state index contributed by atoms with van der Waals surface area (Å²) in [5, 5.41) is 9.19. The lowest BCUT2D eigenvalue weighted by Gasteiger charge is -2.21. The van der Waals surface area contributed by atoms with Crippen LogP contribution in [0.25, 0.3) is 11.0 Å². The van der Waals surface area contributed by atoms with E-state index in [1.54, 1.807) is 6.07 Å². The maximum atomic E-state index is 9.19. The third-order valence-electron chi connectivity index (χ3n) is 4.39. The van der Waals surface area contributed by atoms with Crippen molar-refractivity contribution in [1.29, 1.82) is 5.26 Å². The van der Waals surface area contributed by atoms with Crippen LogP contribution in [0, 0.1) is 17.2 Å². The first-order chi connectivity index (χ1) is 9.79. The number of hydrogen-bond donors (Lipinski definition) is 1. The second-order valence-corrected chi connectivity index (χ2v) is 5.65. The minimum atomic E-state index is 0.250. The zero-order chi connectivity index (χ0) is 13.7. The summed E-state index contributed by atoms with van der Waals surface area (Å²) >= 11 is 0. The fraction of sp³-hybridized carbons (Fsp3) is 0.467. The van der Waals surface area contributed by atoms with Gasteiger partial charge < -0.3 is 15.0 Å². The van der Waals surface area contributed by atoms with Crippen molar-refractivity contribution >= 4 is 17.0 Å². The number of ether oxygens (including phenoxy) is 1. The van der Waals surface area contributed by atoms with Gasteiger partial charge in [0.1, 0.15) is 11.6 Å². The molecule has 1 saturated heterocycles. The molecule has 2 atom stereocenters. The average molecular weight is 268 g/mol. The number of benzene rings is 1. The molecule has 2 N–H and O–H groups in total. The summed E-state index contributed by atoms with van der Waals surface area (Å²) in [5.41, 5.74) is 8.35. The Morgan fingerprint density at radius 1 is 1.35 bits per heavy atom. The van der Waals surface area contributed by atoms with Crippen LogP contribution in [0.1, 0.15) is 30.9 Å². The first kappa shape index (κ1) is 11.7. The minimum Gasteiger partial charge on any atom is -0.376 e. The highest BCUT2D eigenvalue weighted by molar-refractivity contribution is 5.84. The maximum Gasteiger partial charge on any atom is 0.201 e. The lowest BCUT2D eigenvalue weighted by molar-refractivity contribution is 0.0762. The van der Waals surface area contributed by atoms with Gasteiger partial charge in [0.25, 0.3) is 0 Å². The number of fused-ring (bicyclic) bond motifs is 1. The van der Waals surface area contributed by atoms with E-state index in [4.69, 9.17) is 10.5 Å². The Hall–Kier alpha value is -2.06. The van der Waals surface area contributed by atoms with Gasteiger partial charge in [0, 0.05) is 6.61 Å². The highest BCUT2D eigenvalue weighted by Crippen LogP contribution is 2.44. The van der Waals surface area contributed by atoms with Crippen molar-refractivity contribution in [3.05, 3.63) is 23.8 Å². The number of para-hydroxylation sites is 1. The molecule has 1 saturated carbocycles. The van der Waals surface area contributed by atoms with Crippen LogP contribution < -0.4 is 5.73 Å². The first-order valence-corrected chi connectivity index (χ1v) is 7.07. The van der Waals surface area contributed by atoms with Gasteiger partial charge in [-0.1, -0.05) is 6.07 Å². The van der Waals surface area contributed by atoms with Crippen molar-refractivity contribution in [3.63, 3.8) is 0 Å². The molecule has 5 heteroatoms. The van der Waals surface area contributed by atoms with Crippen molar-refractivity contribution in [2.75, 3.05) is 12.3 Å². The molecule has 2 aromatic rings. The molecule has 0 radical (unpaired) electrons. The van der Waals surface area contributed by atoms with Crippen LogP contribution in [-0.2, 0) is 4.74 Å². The van der Waals surface area contributed by atoms with Crippen molar-refractivity contribution in [2.24, 2.45) is 5.92 Å². The second kappa shape index (κ2) is 4.22. The Kier molecular flexibility index (Phi) is 2.48. The van der Waals surface area contributed by atoms with Gasteiger partial charge in [0.05, 0.1) is 23.2 Å². The van der Waals surface area contributed by atoms with Crippen molar-refractivity contribution in [2.45, 2.75) is 31.4 Å². The van der Waals surface area contributed by atoms with Gasteiger partial charge in [-0.15, -0.1) is 0 Å². The van der Waals surface area contributed by atoms with E-state index in [2.05, 4.69) is 15.6 Å². The molecule has 1 aromatic heterocycles. The standard InChI is InChI=1S/C15H16N4O/c16-8-10-2-1-3-11-13(10)18-15(17)19(11)12-6-7-20-14(12)9-4-5-9/h1-3,9,12,14H,4-7H2,(H2,17,18). The van der Waals surface area contributed by atoms with Crippen LogP contribution in [0.4, 0.5) is 5.95 Å². The van der Waals surface area contributed by atoms with E-state index in [-0.39, 0.29) is 12.1 Å². The van der Waals surface area contributed by atoms with Crippen LogP contribution in [-0.4, -0.2) is 22.3 Å². The Bertz CT molecular complexity index is 710. The molecule has 0 bridgehead atoms. The molecule has 1 aromatic carbocycles. The highest BCUT2D eigenvalue weighted by atomic mass is 16.5. The molecule has 0 amide bonds. The van der Waals surface area contributed by atoms with Gasteiger partial charge in [-0.25, -0.2) is 4.98 Å². The number of imidazole rings is 1. The maximum absolute atomic E-state index is 9.19. The largest absolute Gasteiger partial charge is 0.376 e. The highest BCUT2D eigenvalue weighted by Gasteiger charge is 2.42. The normalized spacial score (nSPS) is 25.9. The molecule has 20 heavy (non-hydrogen) atoms. The number of aromatic nitrogens is 2. The van der Waals surface area contributed by atoms with E-state index in [1.807, 2.05) is 12.1 Å². The summed E-state index contributed by atoms with van der Waals surface area (Å²) < 4.78 is 7.98. The number of rotatable bonds is 2. The number of hydrogen-bond acceptors (Lipinski definition) is 4. The van der Waals surface area contributed by atoms with Crippen LogP contribution in [0.2, 0.25) is 0 Å². The van der Waals surface area contributed by atoms with Gasteiger partial charge in [0.15, 0.2) is 0 Å². The summed E-state index contributed by atoms with van der Waals surface area (Å²) in [6.07, 6.45) is 3.71. The van der Waals surface area contributed by atoms with Crippen LogP contribution >= 0.6 is 0 Å². The zero-order valence-electron chi connectivity index (χ0n) is 11.1. The first-order valence-electron chi connectivity index (χ1n) is 7.07. The summed E-state index contributed by atoms with van der Waals surface area (Å²) in [6.45, 7) is 0.781. The van der Waals surface area contributed by atoms with E-state index in [0.29, 0.717) is 22.9 Å². The van der Waals surface area contributed by atoms with E-state index in [9.17, 15) is 5.26 Å². The molecular weight excluding hydrogens is 252 g/mol.